The summed E-state index contributed by atoms with van der Waals surface area (Å²) < 4.78 is 4.94. The first-order valence-electron chi connectivity index (χ1n) is 6.00. The molecular formula is C12H16N2O4. The maximum atomic E-state index is 12.1. The van der Waals surface area contributed by atoms with E-state index in [0.717, 1.165) is 18.4 Å². The van der Waals surface area contributed by atoms with Crippen LogP contribution in [0, 0.1) is 12.8 Å². The molecule has 6 nitrogen and oxygen atoms in total. The fourth-order valence-electron chi connectivity index (χ4n) is 2.23. The Morgan fingerprint density at radius 2 is 2.17 bits per heavy atom. The van der Waals surface area contributed by atoms with Crippen molar-refractivity contribution in [1.29, 1.82) is 0 Å². The highest BCUT2D eigenvalue weighted by Crippen LogP contribution is 2.22. The fraction of sp³-hybridized carbons (Fsp3) is 0.583. The summed E-state index contributed by atoms with van der Waals surface area (Å²) in [5.41, 5.74) is 0.729. The molecule has 0 unspecified atom stereocenters. The molecule has 1 aliphatic rings. The lowest BCUT2D eigenvalue weighted by molar-refractivity contribution is -0.138. The van der Waals surface area contributed by atoms with Gasteiger partial charge in [0.05, 0.1) is 6.20 Å². The molecule has 0 saturated carbocycles. The van der Waals surface area contributed by atoms with E-state index in [1.54, 1.807) is 11.8 Å². The van der Waals surface area contributed by atoms with Crippen molar-refractivity contribution in [1.82, 2.24) is 10.1 Å². The number of carboxylic acid groups (broad SMARTS) is 1. The van der Waals surface area contributed by atoms with Crippen LogP contribution in [0.25, 0.3) is 0 Å². The average molecular weight is 252 g/mol. The van der Waals surface area contributed by atoms with Gasteiger partial charge in [-0.3, -0.25) is 9.59 Å². The Bertz CT molecular complexity index is 447. The van der Waals surface area contributed by atoms with E-state index >= 15 is 0 Å². The second-order valence-electron chi connectivity index (χ2n) is 4.67. The predicted molar refractivity (Wildman–Crippen MR) is 62.1 cm³/mol. The second-order valence-corrected chi connectivity index (χ2v) is 4.67. The number of aromatic nitrogens is 1. The van der Waals surface area contributed by atoms with E-state index in [1.807, 2.05) is 0 Å². The third kappa shape index (κ3) is 2.69. The van der Waals surface area contributed by atoms with Gasteiger partial charge >= 0.3 is 5.97 Å². The molecule has 0 bridgehead atoms. The lowest BCUT2D eigenvalue weighted by Gasteiger charge is -2.30. The van der Waals surface area contributed by atoms with E-state index in [9.17, 15) is 9.59 Å². The lowest BCUT2D eigenvalue weighted by atomic mass is 9.93. The van der Waals surface area contributed by atoms with Crippen LogP contribution in [0.2, 0.25) is 0 Å². The van der Waals surface area contributed by atoms with Crippen molar-refractivity contribution in [3.8, 4) is 0 Å². The van der Waals surface area contributed by atoms with Crippen LogP contribution in [-0.4, -0.2) is 40.1 Å². The van der Waals surface area contributed by atoms with Crippen LogP contribution in [0.1, 0.15) is 35.4 Å². The minimum Gasteiger partial charge on any atom is -0.481 e. The van der Waals surface area contributed by atoms with Gasteiger partial charge in [0.25, 0.3) is 5.91 Å². The van der Waals surface area contributed by atoms with Gasteiger partial charge in [0.1, 0.15) is 0 Å². The molecule has 2 heterocycles. The van der Waals surface area contributed by atoms with E-state index in [1.165, 1.54) is 6.20 Å². The average Bonchev–Trinajstić information content (AvgIpc) is 2.75. The van der Waals surface area contributed by atoms with Crippen LogP contribution in [0.5, 0.6) is 0 Å². The van der Waals surface area contributed by atoms with E-state index in [2.05, 4.69) is 5.16 Å². The highest BCUT2D eigenvalue weighted by molar-refractivity contribution is 5.92. The first-order chi connectivity index (χ1) is 8.58. The normalized spacial score (nSPS) is 16.8. The molecule has 1 aromatic rings. The number of amides is 1. The third-order valence-electron chi connectivity index (χ3n) is 3.31. The van der Waals surface area contributed by atoms with Crippen LogP contribution in [0.15, 0.2) is 10.7 Å². The summed E-state index contributed by atoms with van der Waals surface area (Å²) in [5.74, 6) is -0.473. The number of carbonyl (C=O) groups excluding carboxylic acids is 1. The summed E-state index contributed by atoms with van der Waals surface area (Å²) in [6.07, 6.45) is 3.16. The molecular weight excluding hydrogens is 236 g/mol. The Balaban J connectivity index is 1.92. The zero-order valence-electron chi connectivity index (χ0n) is 10.3. The number of aliphatic carboxylic acids is 1. The number of carboxylic acids is 1. The molecule has 2 rings (SSSR count). The molecule has 1 saturated heterocycles. The largest absolute Gasteiger partial charge is 0.481 e. The number of piperidine rings is 1. The van der Waals surface area contributed by atoms with Gasteiger partial charge in [-0.1, -0.05) is 5.16 Å². The van der Waals surface area contributed by atoms with E-state index in [0.29, 0.717) is 13.1 Å². The summed E-state index contributed by atoms with van der Waals surface area (Å²) in [6.45, 7) is 2.94. The van der Waals surface area contributed by atoms with Crippen molar-refractivity contribution in [2.45, 2.75) is 26.2 Å². The first kappa shape index (κ1) is 12.6. The fourth-order valence-corrected chi connectivity index (χ4v) is 2.23. The van der Waals surface area contributed by atoms with Crippen LogP contribution in [0.3, 0.4) is 0 Å². The number of hydrogen-bond donors (Lipinski definition) is 1. The molecule has 6 heteroatoms. The molecule has 0 aromatic carbocycles. The van der Waals surface area contributed by atoms with Crippen LogP contribution in [-0.2, 0) is 4.79 Å². The van der Waals surface area contributed by atoms with Gasteiger partial charge in [-0.2, -0.15) is 0 Å². The van der Waals surface area contributed by atoms with E-state index in [-0.39, 0.29) is 24.0 Å². The summed E-state index contributed by atoms with van der Waals surface area (Å²) in [6, 6.07) is 0. The second kappa shape index (κ2) is 5.20. The van der Waals surface area contributed by atoms with E-state index < -0.39 is 5.97 Å². The number of rotatable bonds is 3. The van der Waals surface area contributed by atoms with Crippen LogP contribution in [0.4, 0.5) is 0 Å². The Labute approximate surface area is 105 Å². The molecule has 1 N–H and O–H groups in total. The van der Waals surface area contributed by atoms with Crippen LogP contribution < -0.4 is 0 Å². The van der Waals surface area contributed by atoms with Gasteiger partial charge in [-0.15, -0.1) is 0 Å². The number of aryl methyl sites for hydroxylation is 1. The van der Waals surface area contributed by atoms with Crippen molar-refractivity contribution in [2.24, 2.45) is 5.92 Å². The molecule has 0 radical (unpaired) electrons. The minimum absolute atomic E-state index is 0.154. The lowest BCUT2D eigenvalue weighted by Crippen LogP contribution is -2.39. The van der Waals surface area contributed by atoms with Crippen molar-refractivity contribution >= 4 is 11.9 Å². The predicted octanol–water partition coefficient (Wildman–Crippen LogP) is 1.31. The molecule has 0 atom stereocenters. The molecule has 1 aromatic heterocycles. The Kier molecular flexibility index (Phi) is 3.64. The number of carbonyl (C=O) groups is 2. The Hall–Kier alpha value is -1.85. The molecule has 1 amide bonds. The molecule has 18 heavy (non-hydrogen) atoms. The van der Waals surface area contributed by atoms with Gasteiger partial charge in [0, 0.05) is 25.1 Å². The molecule has 0 aliphatic carbocycles. The zero-order valence-corrected chi connectivity index (χ0v) is 10.3. The highest BCUT2D eigenvalue weighted by atomic mass is 16.5. The van der Waals surface area contributed by atoms with Crippen molar-refractivity contribution < 1.29 is 19.2 Å². The Morgan fingerprint density at radius 1 is 1.50 bits per heavy atom. The molecule has 1 fully saturated rings. The van der Waals surface area contributed by atoms with Gasteiger partial charge in [0.2, 0.25) is 5.76 Å². The summed E-state index contributed by atoms with van der Waals surface area (Å²) in [4.78, 5) is 24.4. The maximum Gasteiger partial charge on any atom is 0.303 e. The standard InChI is InChI=1S/C12H16N2O4/c1-8-7-13-18-11(8)12(17)14-4-2-9(3-5-14)6-10(15)16/h7,9H,2-6H2,1H3,(H,15,16). The van der Waals surface area contributed by atoms with Gasteiger partial charge in [0.15, 0.2) is 0 Å². The van der Waals surface area contributed by atoms with Crippen molar-refractivity contribution in [3.05, 3.63) is 17.5 Å². The number of hydrogen-bond acceptors (Lipinski definition) is 4. The molecule has 98 valence electrons. The topological polar surface area (TPSA) is 83.6 Å². The Morgan fingerprint density at radius 3 is 2.67 bits per heavy atom. The SMILES string of the molecule is Cc1cnoc1C(=O)N1CCC(CC(=O)O)CC1. The summed E-state index contributed by atoms with van der Waals surface area (Å²) in [5, 5.41) is 12.3. The minimum atomic E-state index is -0.772. The number of likely N-dealkylation sites (tertiary alicyclic amines) is 1. The summed E-state index contributed by atoms with van der Waals surface area (Å²) >= 11 is 0. The van der Waals surface area contributed by atoms with Crippen molar-refractivity contribution in [2.75, 3.05) is 13.1 Å². The van der Waals surface area contributed by atoms with Gasteiger partial charge in [-0.05, 0) is 25.7 Å². The van der Waals surface area contributed by atoms with Crippen molar-refractivity contribution in [3.63, 3.8) is 0 Å². The zero-order chi connectivity index (χ0) is 13.1. The number of nitrogens with zero attached hydrogens (tertiary/aromatic N) is 2. The molecule has 0 spiro atoms. The first-order valence-corrected chi connectivity index (χ1v) is 6.00. The smallest absolute Gasteiger partial charge is 0.303 e. The molecule has 1 aliphatic heterocycles. The summed E-state index contributed by atoms with van der Waals surface area (Å²) in [7, 11) is 0. The highest BCUT2D eigenvalue weighted by Gasteiger charge is 2.27. The van der Waals surface area contributed by atoms with Crippen LogP contribution >= 0.6 is 0 Å². The quantitative estimate of drug-likeness (QED) is 0.876. The third-order valence-corrected chi connectivity index (χ3v) is 3.31. The van der Waals surface area contributed by atoms with E-state index in [4.69, 9.17) is 9.63 Å². The van der Waals surface area contributed by atoms with Gasteiger partial charge in [-0.25, -0.2) is 0 Å². The monoisotopic (exact) mass is 252 g/mol. The van der Waals surface area contributed by atoms with Gasteiger partial charge < -0.3 is 14.5 Å². The maximum absolute atomic E-state index is 12.1.